The summed E-state index contributed by atoms with van der Waals surface area (Å²) in [5.74, 6) is 0.0666. The fraction of sp³-hybridized carbons (Fsp3) is 0.200. The summed E-state index contributed by atoms with van der Waals surface area (Å²) in [4.78, 5) is 26.6. The number of hydrogen-bond donors (Lipinski definition) is 0. The van der Waals surface area contributed by atoms with Crippen LogP contribution in [0.5, 0.6) is 0 Å². The molecule has 0 radical (unpaired) electrons. The second kappa shape index (κ2) is 6.80. The third kappa shape index (κ3) is 2.88. The van der Waals surface area contributed by atoms with E-state index in [-0.39, 0.29) is 11.8 Å². The summed E-state index contributed by atoms with van der Waals surface area (Å²) in [5.41, 5.74) is 4.40. The zero-order valence-electron chi connectivity index (χ0n) is 15.0. The van der Waals surface area contributed by atoms with Gasteiger partial charge in [0.05, 0.1) is 17.4 Å². The van der Waals surface area contributed by atoms with Crippen LogP contribution in [0.3, 0.4) is 0 Å². The lowest BCUT2D eigenvalue weighted by molar-refractivity contribution is 0.0784. The number of nitrogens with zero attached hydrogens (tertiary/aromatic N) is 7. The molecule has 1 amide bonds. The zero-order valence-corrected chi connectivity index (χ0v) is 15.0. The first-order valence-electron chi connectivity index (χ1n) is 9.10. The molecule has 4 aromatic rings. The first-order chi connectivity index (χ1) is 13.8. The molecule has 1 fully saturated rings. The number of pyridine rings is 2. The second-order valence-corrected chi connectivity index (χ2v) is 6.79. The number of aromatic nitrogens is 6. The molecule has 1 aliphatic rings. The van der Waals surface area contributed by atoms with E-state index in [0.717, 1.165) is 28.8 Å². The number of rotatable bonds is 3. The molecule has 5 heterocycles. The van der Waals surface area contributed by atoms with Crippen LogP contribution in [0, 0.1) is 0 Å². The van der Waals surface area contributed by atoms with Crippen molar-refractivity contribution >= 4 is 11.4 Å². The van der Waals surface area contributed by atoms with E-state index in [4.69, 9.17) is 0 Å². The van der Waals surface area contributed by atoms with Crippen molar-refractivity contribution in [3.8, 4) is 11.1 Å². The van der Waals surface area contributed by atoms with Gasteiger partial charge in [-0.2, -0.15) is 0 Å². The van der Waals surface area contributed by atoms with Crippen molar-refractivity contribution in [2.75, 3.05) is 13.1 Å². The van der Waals surface area contributed by atoms with E-state index in [1.54, 1.807) is 23.1 Å². The Hall–Kier alpha value is -3.68. The second-order valence-electron chi connectivity index (χ2n) is 6.79. The van der Waals surface area contributed by atoms with Crippen molar-refractivity contribution in [3.05, 3.63) is 72.8 Å². The van der Waals surface area contributed by atoms with Crippen LogP contribution < -0.4 is 0 Å². The molecular formula is C20H17N7O. The van der Waals surface area contributed by atoms with Crippen molar-refractivity contribution in [1.29, 1.82) is 0 Å². The van der Waals surface area contributed by atoms with Gasteiger partial charge in [0.25, 0.3) is 5.91 Å². The Labute approximate surface area is 160 Å². The molecule has 8 heteroatoms. The largest absolute Gasteiger partial charge is 0.337 e. The van der Waals surface area contributed by atoms with Crippen LogP contribution in [0.15, 0.2) is 61.4 Å². The highest BCUT2D eigenvalue weighted by Gasteiger charge is 2.31. The molecule has 0 spiro atoms. The molecule has 0 saturated carbocycles. The van der Waals surface area contributed by atoms with E-state index < -0.39 is 0 Å². The van der Waals surface area contributed by atoms with Crippen LogP contribution >= 0.6 is 0 Å². The third-order valence-corrected chi connectivity index (χ3v) is 5.10. The Bertz CT molecular complexity index is 1130. The van der Waals surface area contributed by atoms with E-state index in [1.807, 2.05) is 29.3 Å². The van der Waals surface area contributed by atoms with Crippen LogP contribution in [0.1, 0.15) is 28.5 Å². The van der Waals surface area contributed by atoms with Gasteiger partial charge < -0.3 is 4.90 Å². The average Bonchev–Trinajstić information content (AvgIpc) is 3.41. The molecule has 0 N–H and O–H groups in total. The van der Waals surface area contributed by atoms with Gasteiger partial charge in [0.1, 0.15) is 5.69 Å². The standard InChI is InChI=1S/C20H17N7O/c28-20(17-11-22-8-9-23-17)26-10-5-16(12-26)19-18-2-1-15(13-27(18)25-24-19)14-3-6-21-7-4-14/h1-4,6-9,11,13,16H,5,10,12H2/t16-/m1/s1. The maximum Gasteiger partial charge on any atom is 0.274 e. The van der Waals surface area contributed by atoms with Crippen molar-refractivity contribution in [1.82, 2.24) is 34.7 Å². The number of carbonyl (C=O) groups is 1. The minimum atomic E-state index is -0.0907. The maximum atomic E-state index is 12.6. The normalized spacial score (nSPS) is 16.6. The van der Waals surface area contributed by atoms with E-state index >= 15 is 0 Å². The Balaban J connectivity index is 1.39. The fourth-order valence-electron chi connectivity index (χ4n) is 3.66. The highest BCUT2D eigenvalue weighted by molar-refractivity contribution is 5.92. The SMILES string of the molecule is O=C(c1cnccn1)N1CC[C@@H](c2nnn3cc(-c4ccncc4)ccc23)C1. The van der Waals surface area contributed by atoms with Gasteiger partial charge in [-0.25, -0.2) is 9.50 Å². The summed E-state index contributed by atoms with van der Waals surface area (Å²) in [6, 6.07) is 8.03. The topological polar surface area (TPSA) is 89.2 Å². The first-order valence-corrected chi connectivity index (χ1v) is 9.10. The van der Waals surface area contributed by atoms with Gasteiger partial charge in [-0.15, -0.1) is 5.10 Å². The molecule has 1 aliphatic heterocycles. The van der Waals surface area contributed by atoms with E-state index in [1.165, 1.54) is 12.4 Å². The number of hydrogen-bond acceptors (Lipinski definition) is 6. The Morgan fingerprint density at radius 1 is 1.00 bits per heavy atom. The maximum absolute atomic E-state index is 12.6. The highest BCUT2D eigenvalue weighted by atomic mass is 16.2. The predicted molar refractivity (Wildman–Crippen MR) is 102 cm³/mol. The molecule has 5 rings (SSSR count). The number of fused-ring (bicyclic) bond motifs is 1. The van der Waals surface area contributed by atoms with Crippen LogP contribution in [-0.2, 0) is 0 Å². The Morgan fingerprint density at radius 3 is 2.71 bits per heavy atom. The number of likely N-dealkylation sites (tertiary alicyclic amines) is 1. The molecule has 28 heavy (non-hydrogen) atoms. The zero-order chi connectivity index (χ0) is 18.9. The smallest absolute Gasteiger partial charge is 0.274 e. The van der Waals surface area contributed by atoms with E-state index in [0.29, 0.717) is 18.8 Å². The molecule has 8 nitrogen and oxygen atoms in total. The summed E-state index contributed by atoms with van der Waals surface area (Å²) in [6.45, 7) is 1.28. The quantitative estimate of drug-likeness (QED) is 0.549. The van der Waals surface area contributed by atoms with Crippen LogP contribution in [0.4, 0.5) is 0 Å². The van der Waals surface area contributed by atoms with Crippen molar-refractivity contribution in [2.24, 2.45) is 0 Å². The first kappa shape index (κ1) is 16.5. The number of amides is 1. The van der Waals surface area contributed by atoms with E-state index in [9.17, 15) is 4.79 Å². The van der Waals surface area contributed by atoms with Gasteiger partial charge in [0.15, 0.2) is 0 Å². The number of carbonyl (C=O) groups excluding carboxylic acids is 1. The minimum Gasteiger partial charge on any atom is -0.337 e. The summed E-state index contributed by atoms with van der Waals surface area (Å²) in [6.07, 6.45) is 11.0. The molecule has 138 valence electrons. The summed E-state index contributed by atoms with van der Waals surface area (Å²) in [5, 5.41) is 8.72. The minimum absolute atomic E-state index is 0.0907. The van der Waals surface area contributed by atoms with E-state index in [2.05, 4.69) is 31.3 Å². The monoisotopic (exact) mass is 371 g/mol. The van der Waals surface area contributed by atoms with Crippen molar-refractivity contribution in [3.63, 3.8) is 0 Å². The summed E-state index contributed by atoms with van der Waals surface area (Å²) < 4.78 is 1.80. The molecule has 0 unspecified atom stereocenters. The fourth-order valence-corrected chi connectivity index (χ4v) is 3.66. The molecule has 0 aliphatic carbocycles. The van der Waals surface area contributed by atoms with Gasteiger partial charge in [0.2, 0.25) is 0 Å². The lowest BCUT2D eigenvalue weighted by Gasteiger charge is -2.15. The molecule has 4 aromatic heterocycles. The molecule has 1 atom stereocenters. The van der Waals surface area contributed by atoms with Crippen LogP contribution in [0.2, 0.25) is 0 Å². The van der Waals surface area contributed by atoms with Gasteiger partial charge in [-0.1, -0.05) is 11.3 Å². The van der Waals surface area contributed by atoms with Gasteiger partial charge in [0, 0.05) is 55.6 Å². The van der Waals surface area contributed by atoms with Gasteiger partial charge in [-0.05, 0) is 30.2 Å². The lowest BCUT2D eigenvalue weighted by Crippen LogP contribution is -2.29. The van der Waals surface area contributed by atoms with Crippen LogP contribution in [-0.4, -0.2) is 53.7 Å². The van der Waals surface area contributed by atoms with Crippen molar-refractivity contribution < 1.29 is 4.79 Å². The Morgan fingerprint density at radius 2 is 1.89 bits per heavy atom. The summed E-state index contributed by atoms with van der Waals surface area (Å²) >= 11 is 0. The lowest BCUT2D eigenvalue weighted by atomic mass is 10.0. The Kier molecular flexibility index (Phi) is 4.01. The molecule has 0 aromatic carbocycles. The average molecular weight is 371 g/mol. The van der Waals surface area contributed by atoms with Crippen LogP contribution in [0.25, 0.3) is 16.6 Å². The van der Waals surface area contributed by atoms with Gasteiger partial charge in [-0.3, -0.25) is 14.8 Å². The van der Waals surface area contributed by atoms with Crippen molar-refractivity contribution in [2.45, 2.75) is 12.3 Å². The molecule has 0 bridgehead atoms. The molecular weight excluding hydrogens is 354 g/mol. The summed E-state index contributed by atoms with van der Waals surface area (Å²) in [7, 11) is 0. The third-order valence-electron chi connectivity index (χ3n) is 5.10. The predicted octanol–water partition coefficient (Wildman–Crippen LogP) is 2.21. The van der Waals surface area contributed by atoms with Gasteiger partial charge >= 0.3 is 0 Å². The molecule has 1 saturated heterocycles. The highest BCUT2D eigenvalue weighted by Crippen LogP contribution is 2.30.